The van der Waals surface area contributed by atoms with E-state index in [1.54, 1.807) is 0 Å². The molecule has 0 aliphatic carbocycles. The predicted molar refractivity (Wildman–Crippen MR) is 88.6 cm³/mol. The summed E-state index contributed by atoms with van der Waals surface area (Å²) in [6.07, 6.45) is 1.99. The Kier molecular flexibility index (Phi) is 4.52. The van der Waals surface area contributed by atoms with E-state index in [1.807, 2.05) is 6.20 Å². The Morgan fingerprint density at radius 2 is 1.71 bits per heavy atom. The molecule has 21 heavy (non-hydrogen) atoms. The Morgan fingerprint density at radius 3 is 2.29 bits per heavy atom. The minimum atomic E-state index is 0.126. The summed E-state index contributed by atoms with van der Waals surface area (Å²) in [5.74, 6) is 0. The van der Waals surface area contributed by atoms with Crippen molar-refractivity contribution in [1.29, 1.82) is 0 Å². The van der Waals surface area contributed by atoms with Crippen molar-refractivity contribution in [3.8, 4) is 0 Å². The molecule has 0 radical (unpaired) electrons. The number of rotatable bonds is 4. The highest BCUT2D eigenvalue weighted by atomic mass is 15.3. The molecule has 0 saturated heterocycles. The molecule has 0 aliphatic rings. The molecule has 0 atom stereocenters. The summed E-state index contributed by atoms with van der Waals surface area (Å²) in [6, 6.07) is 6.45. The van der Waals surface area contributed by atoms with Crippen LogP contribution in [0.25, 0.3) is 0 Å². The summed E-state index contributed by atoms with van der Waals surface area (Å²) in [7, 11) is 0. The van der Waals surface area contributed by atoms with Gasteiger partial charge in [0.15, 0.2) is 0 Å². The average molecular weight is 285 g/mol. The van der Waals surface area contributed by atoms with Crippen LogP contribution in [0.5, 0.6) is 0 Å². The van der Waals surface area contributed by atoms with Gasteiger partial charge in [0.2, 0.25) is 0 Å². The van der Waals surface area contributed by atoms with Crippen LogP contribution in [0.2, 0.25) is 0 Å². The van der Waals surface area contributed by atoms with Gasteiger partial charge < -0.3 is 5.32 Å². The topological polar surface area (TPSA) is 29.9 Å². The van der Waals surface area contributed by atoms with Crippen LogP contribution in [-0.2, 0) is 13.1 Å². The molecule has 0 unspecified atom stereocenters. The number of nitrogens with zero attached hydrogens (tertiary/aromatic N) is 2. The van der Waals surface area contributed by atoms with Crippen LogP contribution in [-0.4, -0.2) is 15.3 Å². The van der Waals surface area contributed by atoms with E-state index < -0.39 is 0 Å². The number of hydrogen-bond donors (Lipinski definition) is 1. The minimum absolute atomic E-state index is 0.126. The maximum absolute atomic E-state index is 4.57. The molecule has 0 saturated carbocycles. The third-order valence-electron chi connectivity index (χ3n) is 3.97. The molecule has 3 nitrogen and oxygen atoms in total. The lowest BCUT2D eigenvalue weighted by Crippen LogP contribution is -2.35. The Balaban J connectivity index is 2.17. The normalized spacial score (nSPS) is 11.9. The van der Waals surface area contributed by atoms with E-state index in [-0.39, 0.29) is 5.54 Å². The molecular formula is C18H27N3. The molecule has 114 valence electrons. The van der Waals surface area contributed by atoms with Crippen molar-refractivity contribution >= 4 is 0 Å². The van der Waals surface area contributed by atoms with E-state index in [2.05, 4.69) is 74.8 Å². The second kappa shape index (κ2) is 6.02. The average Bonchev–Trinajstić information content (AvgIpc) is 2.72. The largest absolute Gasteiger partial charge is 0.308 e. The number of aryl methyl sites for hydroxylation is 2. The lowest BCUT2D eigenvalue weighted by Gasteiger charge is -2.20. The van der Waals surface area contributed by atoms with Gasteiger partial charge in [0.1, 0.15) is 0 Å². The van der Waals surface area contributed by atoms with Crippen molar-refractivity contribution < 1.29 is 0 Å². The van der Waals surface area contributed by atoms with Gasteiger partial charge in [-0.25, -0.2) is 0 Å². The smallest absolute Gasteiger partial charge is 0.0667 e. The second-order valence-corrected chi connectivity index (χ2v) is 6.89. The SMILES string of the molecule is Cc1cccc(C)c1Cn1ncc(CNC(C)(C)C)c1C. The molecular weight excluding hydrogens is 258 g/mol. The van der Waals surface area contributed by atoms with Crippen molar-refractivity contribution in [2.45, 2.75) is 60.2 Å². The van der Waals surface area contributed by atoms with Crippen LogP contribution < -0.4 is 5.32 Å². The Bertz CT molecular complexity index is 598. The van der Waals surface area contributed by atoms with Crippen LogP contribution in [0, 0.1) is 20.8 Å². The summed E-state index contributed by atoms with van der Waals surface area (Å²) in [5, 5.41) is 8.10. The summed E-state index contributed by atoms with van der Waals surface area (Å²) in [4.78, 5) is 0. The summed E-state index contributed by atoms with van der Waals surface area (Å²) in [6.45, 7) is 14.8. The van der Waals surface area contributed by atoms with Crippen LogP contribution in [0.1, 0.15) is 48.7 Å². The molecule has 0 fully saturated rings. The standard InChI is InChI=1S/C18H27N3/c1-13-8-7-9-14(2)17(13)12-21-15(3)16(11-20-21)10-19-18(4,5)6/h7-9,11,19H,10,12H2,1-6H3. The third-order valence-corrected chi connectivity index (χ3v) is 3.97. The van der Waals surface area contributed by atoms with Crippen LogP contribution in [0.15, 0.2) is 24.4 Å². The minimum Gasteiger partial charge on any atom is -0.308 e. The summed E-state index contributed by atoms with van der Waals surface area (Å²) >= 11 is 0. The summed E-state index contributed by atoms with van der Waals surface area (Å²) in [5.41, 5.74) is 6.68. The predicted octanol–water partition coefficient (Wildman–Crippen LogP) is 3.74. The zero-order valence-electron chi connectivity index (χ0n) is 14.1. The lowest BCUT2D eigenvalue weighted by atomic mass is 10.0. The van der Waals surface area contributed by atoms with Gasteiger partial charge in [0.05, 0.1) is 12.7 Å². The first-order chi connectivity index (χ1) is 9.78. The Morgan fingerprint density at radius 1 is 1.10 bits per heavy atom. The molecule has 0 aliphatic heterocycles. The first-order valence-corrected chi connectivity index (χ1v) is 7.59. The molecule has 3 heteroatoms. The van der Waals surface area contributed by atoms with Gasteiger partial charge in [-0.3, -0.25) is 4.68 Å². The monoisotopic (exact) mass is 285 g/mol. The van der Waals surface area contributed by atoms with Gasteiger partial charge in [-0.1, -0.05) is 18.2 Å². The van der Waals surface area contributed by atoms with E-state index in [4.69, 9.17) is 0 Å². The Hall–Kier alpha value is -1.61. The highest BCUT2D eigenvalue weighted by Crippen LogP contribution is 2.17. The zero-order chi connectivity index (χ0) is 15.6. The number of aromatic nitrogens is 2. The van der Waals surface area contributed by atoms with Gasteiger partial charge in [0.25, 0.3) is 0 Å². The van der Waals surface area contributed by atoms with Gasteiger partial charge in [-0.05, 0) is 58.2 Å². The molecule has 1 heterocycles. The lowest BCUT2D eigenvalue weighted by molar-refractivity contribution is 0.423. The van der Waals surface area contributed by atoms with Gasteiger partial charge in [-0.2, -0.15) is 5.10 Å². The van der Waals surface area contributed by atoms with Crippen molar-refractivity contribution in [2.75, 3.05) is 0 Å². The van der Waals surface area contributed by atoms with Gasteiger partial charge >= 0.3 is 0 Å². The first-order valence-electron chi connectivity index (χ1n) is 7.59. The molecule has 1 aromatic carbocycles. The maximum Gasteiger partial charge on any atom is 0.0667 e. The second-order valence-electron chi connectivity index (χ2n) is 6.89. The molecule has 1 aromatic heterocycles. The van der Waals surface area contributed by atoms with Crippen LogP contribution in [0.3, 0.4) is 0 Å². The van der Waals surface area contributed by atoms with Crippen molar-refractivity contribution in [1.82, 2.24) is 15.1 Å². The van der Waals surface area contributed by atoms with Crippen molar-refractivity contribution in [3.05, 3.63) is 52.3 Å². The molecule has 2 aromatic rings. The van der Waals surface area contributed by atoms with Gasteiger partial charge in [-0.15, -0.1) is 0 Å². The third kappa shape index (κ3) is 3.94. The Labute approximate surface area is 128 Å². The van der Waals surface area contributed by atoms with E-state index in [9.17, 15) is 0 Å². The fourth-order valence-corrected chi connectivity index (χ4v) is 2.43. The fraction of sp³-hybridized carbons (Fsp3) is 0.500. The number of nitrogens with one attached hydrogen (secondary N) is 1. The highest BCUT2D eigenvalue weighted by Gasteiger charge is 2.13. The molecule has 0 amide bonds. The number of hydrogen-bond acceptors (Lipinski definition) is 2. The molecule has 0 bridgehead atoms. The van der Waals surface area contributed by atoms with E-state index in [0.29, 0.717) is 0 Å². The molecule has 0 spiro atoms. The number of benzene rings is 1. The molecule has 2 rings (SSSR count). The quantitative estimate of drug-likeness (QED) is 0.927. The molecule has 1 N–H and O–H groups in total. The zero-order valence-corrected chi connectivity index (χ0v) is 14.1. The first kappa shape index (κ1) is 15.8. The maximum atomic E-state index is 4.57. The van der Waals surface area contributed by atoms with Crippen LogP contribution in [0.4, 0.5) is 0 Å². The fourth-order valence-electron chi connectivity index (χ4n) is 2.43. The van der Waals surface area contributed by atoms with Crippen molar-refractivity contribution in [2.24, 2.45) is 0 Å². The van der Waals surface area contributed by atoms with E-state index >= 15 is 0 Å². The van der Waals surface area contributed by atoms with E-state index in [1.165, 1.54) is 27.9 Å². The van der Waals surface area contributed by atoms with Crippen molar-refractivity contribution in [3.63, 3.8) is 0 Å². The van der Waals surface area contributed by atoms with Crippen LogP contribution >= 0.6 is 0 Å². The summed E-state index contributed by atoms with van der Waals surface area (Å²) < 4.78 is 2.11. The van der Waals surface area contributed by atoms with E-state index in [0.717, 1.165) is 13.1 Å². The highest BCUT2D eigenvalue weighted by molar-refractivity contribution is 5.34. The van der Waals surface area contributed by atoms with Gasteiger partial charge in [0, 0.05) is 23.3 Å².